The number of piperazine rings is 1. The molecule has 2 aliphatic heterocycles. The van der Waals surface area contributed by atoms with E-state index in [-0.39, 0.29) is 11.8 Å². The topological polar surface area (TPSA) is 64.7 Å². The number of aryl methyl sites for hydroxylation is 1. The molecule has 0 aromatic heterocycles. The minimum Gasteiger partial charge on any atom is -0.369 e. The van der Waals surface area contributed by atoms with Gasteiger partial charge in [-0.25, -0.2) is 0 Å². The summed E-state index contributed by atoms with van der Waals surface area (Å²) >= 11 is 6.17. The van der Waals surface area contributed by atoms with Crippen LogP contribution in [0.3, 0.4) is 0 Å². The molecule has 0 unspecified atom stereocenters. The minimum absolute atomic E-state index is 0.0175. The minimum atomic E-state index is -0.0762. The van der Waals surface area contributed by atoms with Crippen molar-refractivity contribution in [1.29, 1.82) is 0 Å². The van der Waals surface area contributed by atoms with Crippen LogP contribution in [0.25, 0.3) is 0 Å². The average Bonchev–Trinajstić information content (AvgIpc) is 3.14. The lowest BCUT2D eigenvalue weighted by Gasteiger charge is -2.37. The first-order valence-corrected chi connectivity index (χ1v) is 11.3. The van der Waals surface area contributed by atoms with Crippen LogP contribution in [0.15, 0.2) is 36.4 Å². The normalized spacial score (nSPS) is 16.2. The molecule has 1 fully saturated rings. The lowest BCUT2D eigenvalue weighted by Crippen LogP contribution is -2.46. The van der Waals surface area contributed by atoms with Gasteiger partial charge in [0.05, 0.1) is 6.42 Å². The largest absolute Gasteiger partial charge is 0.369 e. The molecule has 7 heteroatoms. The zero-order valence-electron chi connectivity index (χ0n) is 17.9. The van der Waals surface area contributed by atoms with Crippen molar-refractivity contribution in [3.63, 3.8) is 0 Å². The van der Waals surface area contributed by atoms with Crippen LogP contribution in [-0.4, -0.2) is 56.0 Å². The van der Waals surface area contributed by atoms with Gasteiger partial charge in [0.2, 0.25) is 5.91 Å². The molecule has 2 aliphatic rings. The molecule has 0 saturated carbocycles. The van der Waals surface area contributed by atoms with Gasteiger partial charge in [-0.05, 0) is 67.8 Å². The van der Waals surface area contributed by atoms with Crippen molar-refractivity contribution in [2.45, 2.75) is 26.2 Å². The maximum Gasteiger partial charge on any atom is 0.251 e. The summed E-state index contributed by atoms with van der Waals surface area (Å²) in [5, 5.41) is 6.57. The molecule has 0 aliphatic carbocycles. The van der Waals surface area contributed by atoms with Crippen molar-refractivity contribution >= 4 is 34.8 Å². The summed E-state index contributed by atoms with van der Waals surface area (Å²) in [5.41, 5.74) is 4.82. The summed E-state index contributed by atoms with van der Waals surface area (Å²) < 4.78 is 0. The molecule has 164 valence electrons. The van der Waals surface area contributed by atoms with Gasteiger partial charge in [0.1, 0.15) is 0 Å². The Balaban J connectivity index is 1.14. The van der Waals surface area contributed by atoms with Crippen LogP contribution in [-0.2, 0) is 11.2 Å². The highest BCUT2D eigenvalue weighted by Crippen LogP contribution is 2.25. The van der Waals surface area contributed by atoms with E-state index in [1.165, 1.54) is 11.3 Å². The number of hydrogen-bond donors (Lipinski definition) is 2. The lowest BCUT2D eigenvalue weighted by molar-refractivity contribution is -0.115. The maximum absolute atomic E-state index is 12.4. The van der Waals surface area contributed by atoms with Crippen molar-refractivity contribution in [3.8, 4) is 0 Å². The zero-order valence-corrected chi connectivity index (χ0v) is 18.7. The molecule has 1 saturated heterocycles. The Bertz CT molecular complexity index is 970. The molecule has 31 heavy (non-hydrogen) atoms. The molecule has 2 heterocycles. The van der Waals surface area contributed by atoms with Crippen molar-refractivity contribution < 1.29 is 9.59 Å². The van der Waals surface area contributed by atoms with Crippen molar-refractivity contribution in [3.05, 3.63) is 58.1 Å². The molecule has 4 rings (SSSR count). The van der Waals surface area contributed by atoms with E-state index in [0.29, 0.717) is 18.5 Å². The summed E-state index contributed by atoms with van der Waals surface area (Å²) in [6.45, 7) is 7.94. The Hall–Kier alpha value is -2.57. The average molecular weight is 441 g/mol. The number of rotatable bonds is 7. The van der Waals surface area contributed by atoms with E-state index in [1.54, 1.807) is 12.1 Å². The summed E-state index contributed by atoms with van der Waals surface area (Å²) in [5.74, 6) is -0.0938. The highest BCUT2D eigenvalue weighted by molar-refractivity contribution is 6.30. The first-order chi connectivity index (χ1) is 15.0. The van der Waals surface area contributed by atoms with Crippen molar-refractivity contribution in [2.24, 2.45) is 0 Å². The molecule has 2 amide bonds. The fraction of sp³-hybridized carbons (Fsp3) is 0.417. The van der Waals surface area contributed by atoms with Gasteiger partial charge in [0.15, 0.2) is 0 Å². The number of unbranched alkanes of at least 4 members (excludes halogenated alkanes) is 1. The fourth-order valence-corrected chi connectivity index (χ4v) is 4.44. The van der Waals surface area contributed by atoms with Crippen LogP contribution in [0.2, 0.25) is 5.02 Å². The van der Waals surface area contributed by atoms with E-state index in [0.717, 1.165) is 61.8 Å². The van der Waals surface area contributed by atoms with E-state index >= 15 is 0 Å². The summed E-state index contributed by atoms with van der Waals surface area (Å²) in [6, 6.07) is 11.5. The number of benzene rings is 2. The monoisotopic (exact) mass is 440 g/mol. The molecule has 0 atom stereocenters. The molecule has 2 N–H and O–H groups in total. The number of nitrogens with one attached hydrogen (secondary N) is 2. The standard InChI is InChI=1S/C24H29ClN4O2/c1-17-4-6-20(25)16-22(17)29-12-10-28(11-13-29)9-3-2-8-26-24(31)18-5-7-21-19(14-18)15-23(30)27-21/h4-7,14,16H,2-3,8-13,15H2,1H3,(H,26,31)(H,27,30). The Morgan fingerprint density at radius 3 is 2.71 bits per heavy atom. The van der Waals surface area contributed by atoms with Gasteiger partial charge in [-0.2, -0.15) is 0 Å². The number of amides is 2. The molecular weight excluding hydrogens is 412 g/mol. The van der Waals surface area contributed by atoms with Crippen molar-refractivity contribution in [2.75, 3.05) is 49.5 Å². The van der Waals surface area contributed by atoms with Crippen LogP contribution in [0.5, 0.6) is 0 Å². The van der Waals surface area contributed by atoms with Gasteiger partial charge < -0.3 is 15.5 Å². The smallest absolute Gasteiger partial charge is 0.251 e. The molecule has 0 radical (unpaired) electrons. The Kier molecular flexibility index (Phi) is 6.78. The second-order valence-corrected chi connectivity index (χ2v) is 8.76. The van der Waals surface area contributed by atoms with Gasteiger partial charge in [0.25, 0.3) is 5.91 Å². The Morgan fingerprint density at radius 2 is 1.90 bits per heavy atom. The van der Waals surface area contributed by atoms with E-state index < -0.39 is 0 Å². The number of nitrogens with zero attached hydrogens (tertiary/aromatic N) is 2. The quantitative estimate of drug-likeness (QED) is 0.647. The van der Waals surface area contributed by atoms with E-state index in [2.05, 4.69) is 39.5 Å². The highest BCUT2D eigenvalue weighted by Gasteiger charge is 2.20. The summed E-state index contributed by atoms with van der Waals surface area (Å²) in [7, 11) is 0. The van der Waals surface area contributed by atoms with Gasteiger partial charge in [-0.3, -0.25) is 14.5 Å². The highest BCUT2D eigenvalue weighted by atomic mass is 35.5. The Labute approximate surface area is 188 Å². The van der Waals surface area contributed by atoms with Crippen molar-refractivity contribution in [1.82, 2.24) is 10.2 Å². The second-order valence-electron chi connectivity index (χ2n) is 8.32. The number of anilines is 2. The predicted molar refractivity (Wildman–Crippen MR) is 125 cm³/mol. The SMILES string of the molecule is Cc1ccc(Cl)cc1N1CCN(CCCCNC(=O)c2ccc3c(c2)CC(=O)N3)CC1. The number of hydrogen-bond acceptors (Lipinski definition) is 4. The third-order valence-corrected chi connectivity index (χ3v) is 6.30. The first-order valence-electron chi connectivity index (χ1n) is 10.9. The van der Waals surface area contributed by atoms with Crippen LogP contribution >= 0.6 is 11.6 Å². The van der Waals surface area contributed by atoms with Gasteiger partial charge >= 0.3 is 0 Å². The maximum atomic E-state index is 12.4. The van der Waals surface area contributed by atoms with Crippen LogP contribution in [0.4, 0.5) is 11.4 Å². The van der Waals surface area contributed by atoms with Crippen LogP contribution in [0, 0.1) is 6.92 Å². The number of fused-ring (bicyclic) bond motifs is 1. The van der Waals surface area contributed by atoms with E-state index in [4.69, 9.17) is 11.6 Å². The van der Waals surface area contributed by atoms with Crippen LogP contribution in [0.1, 0.15) is 34.3 Å². The predicted octanol–water partition coefficient (Wildman–Crippen LogP) is 3.48. The third kappa shape index (κ3) is 5.38. The number of carbonyl (C=O) groups is 2. The Morgan fingerprint density at radius 1 is 1.10 bits per heavy atom. The fourth-order valence-electron chi connectivity index (χ4n) is 4.27. The van der Waals surface area contributed by atoms with E-state index in [1.807, 2.05) is 12.1 Å². The number of halogens is 1. The lowest BCUT2D eigenvalue weighted by atomic mass is 10.1. The third-order valence-electron chi connectivity index (χ3n) is 6.06. The zero-order chi connectivity index (χ0) is 21.8. The molecule has 6 nitrogen and oxygen atoms in total. The first kappa shape index (κ1) is 21.7. The van der Waals surface area contributed by atoms with Gasteiger partial charge in [-0.1, -0.05) is 17.7 Å². The summed E-state index contributed by atoms with van der Waals surface area (Å²) in [6.07, 6.45) is 2.35. The van der Waals surface area contributed by atoms with Crippen LogP contribution < -0.4 is 15.5 Å². The number of carbonyl (C=O) groups excluding carboxylic acids is 2. The van der Waals surface area contributed by atoms with E-state index in [9.17, 15) is 9.59 Å². The molecule has 2 aromatic rings. The van der Waals surface area contributed by atoms with Gasteiger partial charge in [-0.15, -0.1) is 0 Å². The molecule has 0 bridgehead atoms. The summed E-state index contributed by atoms with van der Waals surface area (Å²) in [4.78, 5) is 28.7. The molecular formula is C24H29ClN4O2. The molecule has 0 spiro atoms. The second kappa shape index (κ2) is 9.71. The molecule has 2 aromatic carbocycles. The van der Waals surface area contributed by atoms with Gasteiger partial charge in [0, 0.05) is 54.7 Å².